The number of esters is 1. The molecule has 8 nitrogen and oxygen atoms in total. The molecule has 1 unspecified atom stereocenters. The Balaban J connectivity index is 1.62. The maximum absolute atomic E-state index is 13.3. The molecule has 1 amide bonds. The molecular formula is C23H23FN4O4S. The Morgan fingerprint density at radius 1 is 1.06 bits per heavy atom. The molecule has 1 heterocycles. The fraction of sp³-hybridized carbons (Fsp3) is 0.217. The van der Waals surface area contributed by atoms with Crippen LogP contribution in [0.3, 0.4) is 0 Å². The second-order valence-corrected chi connectivity index (χ2v) is 7.87. The standard InChI is InChI=1S/C23H23FN4O4S/c1-13(2)20(22(30)31-3)27-21(29)19-12-18(28-32-19)14-7-9-16(10-8-14)25-23(33)26-17-6-4-5-15(24)11-17/h4-13,20H,1-3H3,(H,27,29)(H2,25,26,33). The van der Waals surface area contributed by atoms with Crippen molar-refractivity contribution < 1.29 is 23.2 Å². The highest BCUT2D eigenvalue weighted by Crippen LogP contribution is 2.22. The highest BCUT2D eigenvalue weighted by Gasteiger charge is 2.27. The lowest BCUT2D eigenvalue weighted by atomic mass is 10.0. The summed E-state index contributed by atoms with van der Waals surface area (Å²) in [5.74, 6) is -1.65. The largest absolute Gasteiger partial charge is 0.467 e. The maximum atomic E-state index is 13.3. The summed E-state index contributed by atoms with van der Waals surface area (Å²) in [6.45, 7) is 3.59. The Hall–Kier alpha value is -3.79. The predicted octanol–water partition coefficient (Wildman–Crippen LogP) is 4.22. The van der Waals surface area contributed by atoms with Crippen LogP contribution in [0.5, 0.6) is 0 Å². The van der Waals surface area contributed by atoms with Crippen molar-refractivity contribution in [3.05, 3.63) is 66.2 Å². The molecular weight excluding hydrogens is 447 g/mol. The zero-order chi connectivity index (χ0) is 24.0. The normalized spacial score (nSPS) is 11.5. The van der Waals surface area contributed by atoms with E-state index in [1.54, 1.807) is 50.2 Å². The number of amides is 1. The van der Waals surface area contributed by atoms with E-state index < -0.39 is 17.9 Å². The van der Waals surface area contributed by atoms with Crippen molar-refractivity contribution in [3.63, 3.8) is 0 Å². The predicted molar refractivity (Wildman–Crippen MR) is 126 cm³/mol. The summed E-state index contributed by atoms with van der Waals surface area (Å²) in [4.78, 5) is 24.3. The van der Waals surface area contributed by atoms with Gasteiger partial charge >= 0.3 is 5.97 Å². The summed E-state index contributed by atoms with van der Waals surface area (Å²) in [5.41, 5.74) is 2.39. The topological polar surface area (TPSA) is 105 Å². The van der Waals surface area contributed by atoms with Crippen molar-refractivity contribution in [3.8, 4) is 11.3 Å². The van der Waals surface area contributed by atoms with Crippen LogP contribution in [0.4, 0.5) is 15.8 Å². The van der Waals surface area contributed by atoms with E-state index >= 15 is 0 Å². The van der Waals surface area contributed by atoms with Crippen LogP contribution in [0.25, 0.3) is 11.3 Å². The number of hydrogen-bond acceptors (Lipinski definition) is 6. The molecule has 1 atom stereocenters. The minimum atomic E-state index is -0.800. The van der Waals surface area contributed by atoms with E-state index in [-0.39, 0.29) is 17.5 Å². The lowest BCUT2D eigenvalue weighted by Crippen LogP contribution is -2.44. The fourth-order valence-electron chi connectivity index (χ4n) is 2.94. The molecule has 0 saturated carbocycles. The number of anilines is 2. The maximum Gasteiger partial charge on any atom is 0.328 e. The van der Waals surface area contributed by atoms with Crippen molar-refractivity contribution in [1.82, 2.24) is 10.5 Å². The molecule has 0 spiro atoms. The van der Waals surface area contributed by atoms with Gasteiger partial charge in [0.1, 0.15) is 17.6 Å². The Labute approximate surface area is 195 Å². The van der Waals surface area contributed by atoms with E-state index in [0.717, 1.165) is 0 Å². The van der Waals surface area contributed by atoms with Crippen LogP contribution in [0.1, 0.15) is 24.4 Å². The highest BCUT2D eigenvalue weighted by molar-refractivity contribution is 7.80. The number of ether oxygens (including phenoxy) is 1. The number of benzene rings is 2. The van der Waals surface area contributed by atoms with Gasteiger partial charge in [0.15, 0.2) is 5.11 Å². The number of hydrogen-bond donors (Lipinski definition) is 3. The third kappa shape index (κ3) is 6.36. The van der Waals surface area contributed by atoms with Gasteiger partial charge in [-0.2, -0.15) is 0 Å². The number of methoxy groups -OCH3 is 1. The first-order valence-electron chi connectivity index (χ1n) is 10.1. The molecule has 172 valence electrons. The quantitative estimate of drug-likeness (QED) is 0.348. The van der Waals surface area contributed by atoms with Gasteiger partial charge < -0.3 is 25.2 Å². The Kier molecular flexibility index (Phi) is 7.73. The lowest BCUT2D eigenvalue weighted by Gasteiger charge is -2.18. The van der Waals surface area contributed by atoms with Gasteiger partial charge in [-0.05, 0) is 48.5 Å². The van der Waals surface area contributed by atoms with Crippen molar-refractivity contribution >= 4 is 40.6 Å². The molecule has 1 aromatic heterocycles. The number of halogens is 1. The van der Waals surface area contributed by atoms with E-state index in [9.17, 15) is 14.0 Å². The van der Waals surface area contributed by atoms with Gasteiger partial charge in [0.05, 0.1) is 7.11 Å². The van der Waals surface area contributed by atoms with Crippen LogP contribution >= 0.6 is 12.2 Å². The minimum Gasteiger partial charge on any atom is -0.467 e. The van der Waals surface area contributed by atoms with Crippen LogP contribution in [-0.2, 0) is 9.53 Å². The van der Waals surface area contributed by atoms with E-state index in [1.807, 2.05) is 0 Å². The molecule has 0 aliphatic heterocycles. The fourth-order valence-corrected chi connectivity index (χ4v) is 3.18. The monoisotopic (exact) mass is 470 g/mol. The molecule has 0 radical (unpaired) electrons. The van der Waals surface area contributed by atoms with Gasteiger partial charge in [0, 0.05) is 23.0 Å². The molecule has 0 aliphatic carbocycles. The average Bonchev–Trinajstić information content (AvgIpc) is 3.27. The van der Waals surface area contributed by atoms with Crippen molar-refractivity contribution in [2.24, 2.45) is 5.92 Å². The number of nitrogens with one attached hydrogen (secondary N) is 3. The zero-order valence-electron chi connectivity index (χ0n) is 18.2. The number of carbonyl (C=O) groups is 2. The van der Waals surface area contributed by atoms with Gasteiger partial charge in [-0.25, -0.2) is 9.18 Å². The Bertz CT molecular complexity index is 1150. The number of aromatic nitrogens is 1. The molecule has 0 aliphatic rings. The third-order valence-electron chi connectivity index (χ3n) is 4.66. The Morgan fingerprint density at radius 2 is 1.76 bits per heavy atom. The van der Waals surface area contributed by atoms with Crippen molar-refractivity contribution in [2.75, 3.05) is 17.7 Å². The SMILES string of the molecule is COC(=O)C(NC(=O)c1cc(-c2ccc(NC(=S)Nc3cccc(F)c3)cc2)no1)C(C)C. The first-order valence-corrected chi connectivity index (χ1v) is 10.5. The van der Waals surface area contributed by atoms with Crippen LogP contribution in [-0.4, -0.2) is 35.3 Å². The number of thiocarbonyl (C=S) groups is 1. The summed E-state index contributed by atoms with van der Waals surface area (Å²) >= 11 is 5.25. The average molecular weight is 471 g/mol. The number of rotatable bonds is 7. The third-order valence-corrected chi connectivity index (χ3v) is 4.87. The molecule has 33 heavy (non-hydrogen) atoms. The summed E-state index contributed by atoms with van der Waals surface area (Å²) < 4.78 is 23.2. The van der Waals surface area contributed by atoms with Crippen LogP contribution in [0.15, 0.2) is 59.1 Å². The summed E-state index contributed by atoms with van der Waals surface area (Å²) in [7, 11) is 1.26. The molecule has 3 aromatic rings. The number of nitrogens with zero attached hydrogens (tertiary/aromatic N) is 1. The van der Waals surface area contributed by atoms with E-state index in [4.69, 9.17) is 21.5 Å². The van der Waals surface area contributed by atoms with E-state index in [2.05, 4.69) is 21.1 Å². The lowest BCUT2D eigenvalue weighted by molar-refractivity contribution is -0.144. The molecule has 3 rings (SSSR count). The first-order chi connectivity index (χ1) is 15.8. The molecule has 10 heteroatoms. The van der Waals surface area contributed by atoms with Crippen LogP contribution in [0, 0.1) is 11.7 Å². The second kappa shape index (κ2) is 10.7. The van der Waals surface area contributed by atoms with Gasteiger partial charge in [0.25, 0.3) is 5.91 Å². The molecule has 0 fully saturated rings. The first kappa shape index (κ1) is 23.9. The summed E-state index contributed by atoms with van der Waals surface area (Å²) in [6.07, 6.45) is 0. The zero-order valence-corrected chi connectivity index (χ0v) is 19.0. The molecule has 3 N–H and O–H groups in total. The van der Waals surface area contributed by atoms with E-state index in [0.29, 0.717) is 27.7 Å². The van der Waals surface area contributed by atoms with E-state index in [1.165, 1.54) is 25.3 Å². The smallest absolute Gasteiger partial charge is 0.328 e. The van der Waals surface area contributed by atoms with Gasteiger partial charge in [-0.1, -0.05) is 37.2 Å². The van der Waals surface area contributed by atoms with Crippen LogP contribution in [0.2, 0.25) is 0 Å². The molecule has 0 bridgehead atoms. The van der Waals surface area contributed by atoms with Crippen molar-refractivity contribution in [2.45, 2.75) is 19.9 Å². The molecule has 2 aromatic carbocycles. The highest BCUT2D eigenvalue weighted by atomic mass is 32.1. The Morgan fingerprint density at radius 3 is 2.39 bits per heavy atom. The van der Waals surface area contributed by atoms with Crippen molar-refractivity contribution in [1.29, 1.82) is 0 Å². The van der Waals surface area contributed by atoms with Gasteiger partial charge in [0.2, 0.25) is 5.76 Å². The summed E-state index contributed by atoms with van der Waals surface area (Å²) in [6, 6.07) is 13.8. The number of carbonyl (C=O) groups excluding carboxylic acids is 2. The van der Waals surface area contributed by atoms with Gasteiger partial charge in [-0.15, -0.1) is 0 Å². The second-order valence-electron chi connectivity index (χ2n) is 7.46. The van der Waals surface area contributed by atoms with Gasteiger partial charge in [-0.3, -0.25) is 4.79 Å². The summed E-state index contributed by atoms with van der Waals surface area (Å²) in [5, 5.41) is 12.7. The minimum absolute atomic E-state index is 0.0257. The molecule has 0 saturated heterocycles. The van der Waals surface area contributed by atoms with Crippen LogP contribution < -0.4 is 16.0 Å².